The first-order chi connectivity index (χ1) is 19.9. The van der Waals surface area contributed by atoms with Crippen molar-refractivity contribution in [3.8, 4) is 11.5 Å². The Labute approximate surface area is 244 Å². The van der Waals surface area contributed by atoms with Gasteiger partial charge in [-0.3, -0.25) is 20.2 Å². The molecule has 206 valence electrons. The Balaban J connectivity index is 1.22. The maximum Gasteiger partial charge on any atom is 0.270 e. The number of oxazole rings is 1. The van der Waals surface area contributed by atoms with Crippen LogP contribution in [0.1, 0.15) is 10.4 Å². The Kier molecular flexibility index (Phi) is 7.23. The molecule has 0 unspecified atom stereocenters. The number of hydrogen-bond acceptors (Lipinski definition) is 8. The number of halogens is 1. The predicted octanol–water partition coefficient (Wildman–Crippen LogP) is 6.17. The van der Waals surface area contributed by atoms with Crippen LogP contribution in [0.5, 0.6) is 0 Å². The van der Waals surface area contributed by atoms with Crippen LogP contribution < -0.4 is 15.5 Å². The number of thiocarbonyl (C=S) groups is 1. The fourth-order valence-electron chi connectivity index (χ4n) is 4.81. The second kappa shape index (κ2) is 11.1. The van der Waals surface area contributed by atoms with Gasteiger partial charge in [0, 0.05) is 46.9 Å². The summed E-state index contributed by atoms with van der Waals surface area (Å²) in [5, 5.41) is 19.5. The highest BCUT2D eigenvalue weighted by Crippen LogP contribution is 2.34. The lowest BCUT2D eigenvalue weighted by Crippen LogP contribution is -2.39. The fourth-order valence-corrected chi connectivity index (χ4v) is 5.26. The van der Waals surface area contributed by atoms with E-state index in [-0.39, 0.29) is 16.4 Å². The average molecular weight is 588 g/mol. The number of aromatic nitrogens is 1. The van der Waals surface area contributed by atoms with Gasteiger partial charge < -0.3 is 19.4 Å². The third-order valence-electron chi connectivity index (χ3n) is 6.76. The van der Waals surface area contributed by atoms with Crippen molar-refractivity contribution in [3.63, 3.8) is 0 Å². The molecule has 0 atom stereocenters. The van der Waals surface area contributed by atoms with Gasteiger partial charge in [-0.25, -0.2) is 4.98 Å². The van der Waals surface area contributed by atoms with E-state index >= 15 is 0 Å². The van der Waals surface area contributed by atoms with Crippen LogP contribution in [0.2, 0.25) is 5.02 Å². The van der Waals surface area contributed by atoms with E-state index in [1.807, 2.05) is 41.3 Å². The minimum absolute atomic E-state index is 0.0289. The number of nitro benzene ring substituents is 1. The molecule has 12 heteroatoms. The summed E-state index contributed by atoms with van der Waals surface area (Å²) in [7, 11) is 0. The van der Waals surface area contributed by atoms with Gasteiger partial charge in [-0.15, -0.1) is 0 Å². The van der Waals surface area contributed by atoms with Gasteiger partial charge >= 0.3 is 0 Å². The molecule has 2 heterocycles. The van der Waals surface area contributed by atoms with E-state index in [1.54, 1.807) is 24.3 Å². The largest absolute Gasteiger partial charge is 0.436 e. The molecule has 1 amide bonds. The summed E-state index contributed by atoms with van der Waals surface area (Å²) in [6, 6.07) is 20.9. The van der Waals surface area contributed by atoms with E-state index in [0.29, 0.717) is 59.7 Å². The quantitative estimate of drug-likeness (QED) is 0.141. The number of morpholine rings is 1. The maximum absolute atomic E-state index is 13.2. The lowest BCUT2D eigenvalue weighted by atomic mass is 10.0. The number of nitrogens with zero attached hydrogens (tertiary/aromatic N) is 3. The summed E-state index contributed by atoms with van der Waals surface area (Å²) in [5.74, 6) is -0.116. The van der Waals surface area contributed by atoms with Crippen LogP contribution in [0.3, 0.4) is 0 Å². The zero-order valence-electron chi connectivity index (χ0n) is 21.4. The maximum atomic E-state index is 13.2. The van der Waals surface area contributed by atoms with E-state index in [0.717, 1.165) is 16.3 Å². The lowest BCUT2D eigenvalue weighted by molar-refractivity contribution is -0.384. The van der Waals surface area contributed by atoms with Gasteiger partial charge in [0.25, 0.3) is 11.6 Å². The van der Waals surface area contributed by atoms with Crippen LogP contribution >= 0.6 is 23.8 Å². The first-order valence-electron chi connectivity index (χ1n) is 12.7. The third-order valence-corrected chi connectivity index (χ3v) is 7.29. The molecule has 0 aliphatic carbocycles. The SMILES string of the molecule is O=C(NC(=S)Nc1ccc2oc(-c3cccc4c(Cl)cccc34)nc2c1)c1cc([N+](=O)[O-])ccc1N1CCOCC1. The number of rotatable bonds is 5. The third kappa shape index (κ3) is 5.42. The number of carbonyl (C=O) groups excluding carboxylic acids is 1. The second-order valence-corrected chi connectivity index (χ2v) is 10.1. The molecule has 0 spiro atoms. The normalized spacial score (nSPS) is 13.3. The molecule has 4 aromatic carbocycles. The van der Waals surface area contributed by atoms with Gasteiger partial charge in [-0.1, -0.05) is 35.9 Å². The zero-order chi connectivity index (χ0) is 28.5. The van der Waals surface area contributed by atoms with E-state index in [1.165, 1.54) is 12.1 Å². The molecule has 2 N–H and O–H groups in total. The highest BCUT2D eigenvalue weighted by Gasteiger charge is 2.23. The van der Waals surface area contributed by atoms with E-state index in [9.17, 15) is 14.9 Å². The number of ether oxygens (including phenoxy) is 1. The topological polar surface area (TPSA) is 123 Å². The smallest absolute Gasteiger partial charge is 0.270 e. The summed E-state index contributed by atoms with van der Waals surface area (Å²) in [6.45, 7) is 2.12. The van der Waals surface area contributed by atoms with Crippen molar-refractivity contribution in [1.29, 1.82) is 0 Å². The van der Waals surface area contributed by atoms with Crippen LogP contribution in [0.25, 0.3) is 33.3 Å². The van der Waals surface area contributed by atoms with Crippen LogP contribution in [0, 0.1) is 10.1 Å². The Bertz CT molecular complexity index is 1840. The molecule has 6 rings (SSSR count). The van der Waals surface area contributed by atoms with Gasteiger partial charge in [-0.05, 0) is 54.0 Å². The number of carbonyl (C=O) groups is 1. The first kappa shape index (κ1) is 26.6. The van der Waals surface area contributed by atoms with Crippen molar-refractivity contribution < 1.29 is 18.9 Å². The standard InChI is InChI=1S/C29H22ClN5O5S/c30-23-6-2-3-19-20(23)4-1-5-21(19)28-32-24-15-17(7-10-26(24)40-28)31-29(41)33-27(36)22-16-18(35(37)38)8-9-25(22)34-11-13-39-14-12-34/h1-10,15-16H,11-14H2,(H2,31,33,36,41). The van der Waals surface area contributed by atoms with Gasteiger partial charge in [0.2, 0.25) is 5.89 Å². The van der Waals surface area contributed by atoms with Crippen molar-refractivity contribution in [2.45, 2.75) is 0 Å². The molecular formula is C29H22ClN5O5S. The Hall–Kier alpha value is -4.58. The molecule has 1 aliphatic heterocycles. The summed E-state index contributed by atoms with van der Waals surface area (Å²) < 4.78 is 11.4. The molecule has 1 fully saturated rings. The lowest BCUT2D eigenvalue weighted by Gasteiger charge is -2.30. The molecule has 0 bridgehead atoms. The minimum atomic E-state index is -0.563. The first-order valence-corrected chi connectivity index (χ1v) is 13.5. The highest BCUT2D eigenvalue weighted by atomic mass is 35.5. The summed E-state index contributed by atoms with van der Waals surface area (Å²) in [5.41, 5.74) is 3.09. The summed E-state index contributed by atoms with van der Waals surface area (Å²) in [6.07, 6.45) is 0. The number of nitrogens with one attached hydrogen (secondary N) is 2. The van der Waals surface area contributed by atoms with Crippen molar-refractivity contribution in [1.82, 2.24) is 10.3 Å². The number of hydrogen-bond donors (Lipinski definition) is 2. The predicted molar refractivity (Wildman–Crippen MR) is 162 cm³/mol. The van der Waals surface area contributed by atoms with E-state index in [4.69, 9.17) is 33.0 Å². The van der Waals surface area contributed by atoms with Gasteiger partial charge in [0.15, 0.2) is 10.7 Å². The van der Waals surface area contributed by atoms with Crippen molar-refractivity contribution in [2.24, 2.45) is 0 Å². The summed E-state index contributed by atoms with van der Waals surface area (Å²) >= 11 is 11.8. The van der Waals surface area contributed by atoms with Crippen molar-refractivity contribution in [3.05, 3.63) is 93.5 Å². The molecule has 1 aliphatic rings. The molecular weight excluding hydrogens is 566 g/mol. The van der Waals surface area contributed by atoms with Gasteiger partial charge in [0.05, 0.1) is 29.4 Å². The van der Waals surface area contributed by atoms with Gasteiger partial charge in [-0.2, -0.15) is 0 Å². The molecule has 41 heavy (non-hydrogen) atoms. The molecule has 5 aromatic rings. The molecule has 1 aromatic heterocycles. The minimum Gasteiger partial charge on any atom is -0.436 e. The van der Waals surface area contributed by atoms with Crippen LogP contribution in [0.4, 0.5) is 17.1 Å². The molecule has 1 saturated heterocycles. The zero-order valence-corrected chi connectivity index (χ0v) is 23.0. The monoisotopic (exact) mass is 587 g/mol. The number of non-ortho nitro benzene ring substituents is 1. The van der Waals surface area contributed by atoms with E-state index < -0.39 is 10.8 Å². The highest BCUT2D eigenvalue weighted by molar-refractivity contribution is 7.80. The van der Waals surface area contributed by atoms with Crippen molar-refractivity contribution in [2.75, 3.05) is 36.5 Å². The molecule has 10 nitrogen and oxygen atoms in total. The van der Waals surface area contributed by atoms with Gasteiger partial charge in [0.1, 0.15) is 5.52 Å². The summed E-state index contributed by atoms with van der Waals surface area (Å²) in [4.78, 5) is 30.7. The Morgan fingerprint density at radius 3 is 2.61 bits per heavy atom. The van der Waals surface area contributed by atoms with Crippen LogP contribution in [0.15, 0.2) is 77.2 Å². The Morgan fingerprint density at radius 2 is 1.80 bits per heavy atom. The van der Waals surface area contributed by atoms with Crippen LogP contribution in [-0.4, -0.2) is 47.2 Å². The number of benzene rings is 4. The number of fused-ring (bicyclic) bond motifs is 2. The number of nitro groups is 1. The molecule has 0 radical (unpaired) electrons. The fraction of sp³-hybridized carbons (Fsp3) is 0.138. The van der Waals surface area contributed by atoms with Crippen LogP contribution in [-0.2, 0) is 4.74 Å². The second-order valence-electron chi connectivity index (χ2n) is 9.31. The molecule has 0 saturated carbocycles. The average Bonchev–Trinajstić information content (AvgIpc) is 3.40. The van der Waals surface area contributed by atoms with Crippen molar-refractivity contribution >= 4 is 73.8 Å². The number of amides is 1. The van der Waals surface area contributed by atoms with E-state index in [2.05, 4.69) is 15.6 Å². The number of anilines is 2. The Morgan fingerprint density at radius 1 is 1.02 bits per heavy atom.